The standard InChI is InChI=1S/C4H10O2.Ba.BrH.2H/c1-5-3-4-6-2;;;;/h3-4H2,1-2H3;;1H;;. The normalized spacial score (nSPS) is 6.75. The van der Waals surface area contributed by atoms with Gasteiger partial charge >= 0.3 is 48.9 Å². The molecule has 8 heavy (non-hydrogen) atoms. The molecule has 0 unspecified atom stereocenters. The van der Waals surface area contributed by atoms with Gasteiger partial charge in [0.2, 0.25) is 0 Å². The summed E-state index contributed by atoms with van der Waals surface area (Å²) in [4.78, 5) is 0. The number of rotatable bonds is 3. The van der Waals surface area contributed by atoms with Crippen molar-refractivity contribution in [3.05, 3.63) is 0 Å². The van der Waals surface area contributed by atoms with E-state index in [0.29, 0.717) is 13.2 Å². The van der Waals surface area contributed by atoms with Gasteiger partial charge in [-0.15, -0.1) is 17.0 Å². The van der Waals surface area contributed by atoms with Gasteiger partial charge in [0.1, 0.15) is 0 Å². The molecule has 2 nitrogen and oxygen atoms in total. The fourth-order valence-electron chi connectivity index (χ4n) is 0.167. The van der Waals surface area contributed by atoms with Gasteiger partial charge in [0.25, 0.3) is 0 Å². The van der Waals surface area contributed by atoms with Gasteiger partial charge < -0.3 is 9.47 Å². The summed E-state index contributed by atoms with van der Waals surface area (Å²) < 4.78 is 9.31. The molecule has 0 fully saturated rings. The molecule has 0 aromatic carbocycles. The van der Waals surface area contributed by atoms with Crippen LogP contribution in [0.15, 0.2) is 0 Å². The molecule has 0 spiro atoms. The SMILES string of the molecule is Br.COCCOC.[BaH2]. The molecular weight excluding hydrogens is 297 g/mol. The van der Waals surface area contributed by atoms with E-state index in [1.54, 1.807) is 14.2 Å². The van der Waals surface area contributed by atoms with E-state index in [-0.39, 0.29) is 65.9 Å². The Hall–Kier alpha value is 1.97. The topological polar surface area (TPSA) is 18.5 Å². The zero-order valence-electron chi connectivity index (χ0n) is 4.64. The van der Waals surface area contributed by atoms with Crippen molar-refractivity contribution in [3.63, 3.8) is 0 Å². The fourth-order valence-corrected chi connectivity index (χ4v) is 0.167. The number of hydrogen-bond donors (Lipinski definition) is 0. The zero-order chi connectivity index (χ0) is 4.83. The third kappa shape index (κ3) is 15.7. The van der Waals surface area contributed by atoms with Crippen LogP contribution in [0, 0.1) is 0 Å². The summed E-state index contributed by atoms with van der Waals surface area (Å²) in [7, 11) is 3.30. The van der Waals surface area contributed by atoms with Crippen molar-refractivity contribution in [2.24, 2.45) is 0 Å². The summed E-state index contributed by atoms with van der Waals surface area (Å²) in [5.74, 6) is 0. The first-order chi connectivity index (χ1) is 2.91. The quantitative estimate of drug-likeness (QED) is 0.537. The van der Waals surface area contributed by atoms with E-state index in [1.807, 2.05) is 0 Å². The van der Waals surface area contributed by atoms with Crippen LogP contribution in [0.5, 0.6) is 0 Å². The van der Waals surface area contributed by atoms with Gasteiger partial charge in [0, 0.05) is 14.2 Å². The summed E-state index contributed by atoms with van der Waals surface area (Å²) in [6.07, 6.45) is 0. The van der Waals surface area contributed by atoms with Gasteiger partial charge in [0.15, 0.2) is 0 Å². The van der Waals surface area contributed by atoms with E-state index in [1.165, 1.54) is 0 Å². The molecule has 0 rings (SSSR count). The van der Waals surface area contributed by atoms with E-state index in [2.05, 4.69) is 9.47 Å². The summed E-state index contributed by atoms with van der Waals surface area (Å²) in [5, 5.41) is 0. The minimum absolute atomic E-state index is 0. The number of methoxy groups -OCH3 is 2. The van der Waals surface area contributed by atoms with E-state index < -0.39 is 0 Å². The monoisotopic (exact) mass is 310 g/mol. The van der Waals surface area contributed by atoms with Crippen LogP contribution < -0.4 is 0 Å². The molecule has 0 heterocycles. The Kier molecular flexibility index (Phi) is 33.0. The molecule has 0 aromatic heterocycles. The Morgan fingerprint density at radius 1 is 1.00 bits per heavy atom. The second kappa shape index (κ2) is 16.0. The second-order valence-corrected chi connectivity index (χ2v) is 0.986. The predicted octanol–water partition coefficient (Wildman–Crippen LogP) is -0.0591. The number of halogens is 1. The van der Waals surface area contributed by atoms with Gasteiger partial charge in [-0.1, -0.05) is 0 Å². The summed E-state index contributed by atoms with van der Waals surface area (Å²) >= 11 is 0. The molecule has 0 amide bonds. The molecule has 0 radical (unpaired) electrons. The summed E-state index contributed by atoms with van der Waals surface area (Å²) in [5.41, 5.74) is 0. The van der Waals surface area contributed by atoms with Crippen LogP contribution in [0.25, 0.3) is 0 Å². The molecule has 50 valence electrons. The van der Waals surface area contributed by atoms with Crippen LogP contribution in [0.3, 0.4) is 0 Å². The zero-order valence-corrected chi connectivity index (χ0v) is 6.35. The van der Waals surface area contributed by atoms with Gasteiger partial charge in [-0.2, -0.15) is 0 Å². The molecule has 0 bridgehead atoms. The first kappa shape index (κ1) is 16.5. The van der Waals surface area contributed by atoms with Crippen molar-refractivity contribution in [3.8, 4) is 0 Å². The molecule has 0 aliphatic heterocycles. The van der Waals surface area contributed by atoms with Crippen LogP contribution in [0.2, 0.25) is 0 Å². The molecule has 0 N–H and O–H groups in total. The molecule has 0 aliphatic rings. The maximum atomic E-state index is 4.66. The van der Waals surface area contributed by atoms with Crippen molar-refractivity contribution >= 4 is 65.9 Å². The average molecular weight is 310 g/mol. The molecule has 0 aliphatic carbocycles. The molecular formula is C4H13BaBrO2. The van der Waals surface area contributed by atoms with Gasteiger partial charge in [-0.25, -0.2) is 0 Å². The van der Waals surface area contributed by atoms with E-state index in [9.17, 15) is 0 Å². The third-order valence-corrected chi connectivity index (χ3v) is 0.492. The Morgan fingerprint density at radius 3 is 1.38 bits per heavy atom. The van der Waals surface area contributed by atoms with Crippen molar-refractivity contribution in [1.29, 1.82) is 0 Å². The van der Waals surface area contributed by atoms with E-state index in [0.717, 1.165) is 0 Å². The molecule has 0 atom stereocenters. The third-order valence-electron chi connectivity index (χ3n) is 0.492. The van der Waals surface area contributed by atoms with Crippen LogP contribution >= 0.6 is 17.0 Å². The Balaban J connectivity index is -0.000000125. The number of hydrogen-bond acceptors (Lipinski definition) is 2. The maximum absolute atomic E-state index is 4.66. The molecule has 0 aromatic rings. The molecule has 4 heteroatoms. The molecule has 0 saturated carbocycles. The van der Waals surface area contributed by atoms with Gasteiger partial charge in [-0.3, -0.25) is 0 Å². The fraction of sp³-hybridized carbons (Fsp3) is 1.00. The van der Waals surface area contributed by atoms with Crippen molar-refractivity contribution in [2.45, 2.75) is 0 Å². The van der Waals surface area contributed by atoms with Crippen molar-refractivity contribution in [1.82, 2.24) is 0 Å². The Morgan fingerprint density at radius 2 is 1.25 bits per heavy atom. The average Bonchev–Trinajstić information content (AvgIpc) is 1.61. The van der Waals surface area contributed by atoms with E-state index >= 15 is 0 Å². The Labute approximate surface area is 101 Å². The van der Waals surface area contributed by atoms with Crippen LogP contribution in [-0.4, -0.2) is 76.3 Å². The van der Waals surface area contributed by atoms with Gasteiger partial charge in [0.05, 0.1) is 13.2 Å². The van der Waals surface area contributed by atoms with Crippen molar-refractivity contribution in [2.75, 3.05) is 27.4 Å². The summed E-state index contributed by atoms with van der Waals surface area (Å²) in [6.45, 7) is 1.38. The first-order valence-corrected chi connectivity index (χ1v) is 1.89. The Bertz CT molecular complexity index is 26.0. The second-order valence-electron chi connectivity index (χ2n) is 0.986. The molecule has 0 saturated heterocycles. The van der Waals surface area contributed by atoms with Crippen molar-refractivity contribution < 1.29 is 9.47 Å². The van der Waals surface area contributed by atoms with E-state index in [4.69, 9.17) is 0 Å². The predicted molar refractivity (Wildman–Crippen MR) is 42.6 cm³/mol. The van der Waals surface area contributed by atoms with Crippen LogP contribution in [-0.2, 0) is 9.47 Å². The first-order valence-electron chi connectivity index (χ1n) is 1.89. The summed E-state index contributed by atoms with van der Waals surface area (Å²) in [6, 6.07) is 0. The van der Waals surface area contributed by atoms with Gasteiger partial charge in [-0.05, 0) is 0 Å². The van der Waals surface area contributed by atoms with Crippen LogP contribution in [0.4, 0.5) is 0 Å². The number of ether oxygens (including phenoxy) is 2. The minimum atomic E-state index is 0. The van der Waals surface area contributed by atoms with Crippen LogP contribution in [0.1, 0.15) is 0 Å².